The quantitative estimate of drug-likeness (QED) is 0.545. The minimum absolute atomic E-state index is 0. The molecular formula is C17H32ClN. The molecule has 1 rings (SSSR count). The third-order valence-electron chi connectivity index (χ3n) is 3.77. The molecule has 0 aromatic carbocycles. The summed E-state index contributed by atoms with van der Waals surface area (Å²) in [4.78, 5) is 1.56. The van der Waals surface area contributed by atoms with Gasteiger partial charge in [-0.15, -0.1) is 0 Å². The van der Waals surface area contributed by atoms with E-state index in [1.165, 1.54) is 70.8 Å². The summed E-state index contributed by atoms with van der Waals surface area (Å²) >= 11 is 0. The second kappa shape index (κ2) is 12.7. The van der Waals surface area contributed by atoms with Crippen LogP contribution in [0.25, 0.3) is 0 Å². The Bertz CT molecular complexity index is 258. The average molecular weight is 286 g/mol. The van der Waals surface area contributed by atoms with E-state index in [-0.39, 0.29) is 12.4 Å². The fourth-order valence-corrected chi connectivity index (χ4v) is 2.53. The Hall–Kier alpha value is -0.270. The summed E-state index contributed by atoms with van der Waals surface area (Å²) in [5, 5.41) is 0. The van der Waals surface area contributed by atoms with Crippen LogP contribution in [0.4, 0.5) is 0 Å². The second-order valence-electron chi connectivity index (χ2n) is 5.60. The molecule has 1 unspecified atom stereocenters. The number of unbranched alkanes of at least 4 members (excludes halogenated alkanes) is 7. The largest absolute Gasteiger partial charge is 1.00 e. The average Bonchev–Trinajstić information content (AvgIpc) is 2.83. The molecule has 0 bridgehead atoms. The lowest BCUT2D eigenvalue weighted by Crippen LogP contribution is -3.01. The van der Waals surface area contributed by atoms with Gasteiger partial charge in [0.2, 0.25) is 0 Å². The number of nitrogens with one attached hydrogen (secondary N) is 1. The zero-order valence-electron chi connectivity index (χ0n) is 12.9. The topological polar surface area (TPSA) is 4.44 Å². The van der Waals surface area contributed by atoms with Gasteiger partial charge in [-0.25, -0.2) is 0 Å². The van der Waals surface area contributed by atoms with Gasteiger partial charge in [-0.3, -0.25) is 4.90 Å². The summed E-state index contributed by atoms with van der Waals surface area (Å²) in [6.45, 7) is 5.84. The van der Waals surface area contributed by atoms with Gasteiger partial charge < -0.3 is 12.4 Å². The molecule has 0 saturated heterocycles. The Balaban J connectivity index is 0.00000324. The third-order valence-corrected chi connectivity index (χ3v) is 3.77. The SMILES string of the molecule is CCCCCCCCC[NH+]1C=CC(CCCC)=C1.[Cl-]. The zero-order valence-corrected chi connectivity index (χ0v) is 13.6. The molecule has 19 heavy (non-hydrogen) atoms. The smallest absolute Gasteiger partial charge is 0.102 e. The first-order valence-electron chi connectivity index (χ1n) is 8.11. The number of halogens is 1. The molecule has 0 fully saturated rings. The molecule has 1 nitrogen and oxygen atoms in total. The molecular weight excluding hydrogens is 254 g/mol. The van der Waals surface area contributed by atoms with Gasteiger partial charge in [-0.1, -0.05) is 52.4 Å². The number of hydrogen-bond donors (Lipinski definition) is 1. The van der Waals surface area contributed by atoms with Gasteiger partial charge in [0.1, 0.15) is 6.20 Å². The lowest BCUT2D eigenvalue weighted by molar-refractivity contribution is -0.788. The molecule has 1 heterocycles. The van der Waals surface area contributed by atoms with E-state index >= 15 is 0 Å². The van der Waals surface area contributed by atoms with Gasteiger partial charge >= 0.3 is 0 Å². The van der Waals surface area contributed by atoms with E-state index in [9.17, 15) is 0 Å². The Morgan fingerprint density at radius 1 is 0.842 bits per heavy atom. The van der Waals surface area contributed by atoms with E-state index in [1.807, 2.05) is 0 Å². The first-order valence-corrected chi connectivity index (χ1v) is 8.11. The van der Waals surface area contributed by atoms with E-state index in [1.54, 1.807) is 10.5 Å². The highest BCUT2D eigenvalue weighted by Crippen LogP contribution is 2.09. The number of allylic oxidation sites excluding steroid dienone is 2. The van der Waals surface area contributed by atoms with Gasteiger partial charge in [0, 0.05) is 11.6 Å². The second-order valence-corrected chi connectivity index (χ2v) is 5.60. The van der Waals surface area contributed by atoms with Crippen molar-refractivity contribution < 1.29 is 17.3 Å². The first-order chi connectivity index (χ1) is 8.86. The van der Waals surface area contributed by atoms with E-state index in [4.69, 9.17) is 0 Å². The molecule has 1 atom stereocenters. The van der Waals surface area contributed by atoms with Gasteiger partial charge in [0.05, 0.1) is 12.7 Å². The minimum Gasteiger partial charge on any atom is -1.00 e. The maximum atomic E-state index is 2.42. The Labute approximate surface area is 126 Å². The number of quaternary nitrogens is 1. The maximum absolute atomic E-state index is 2.42. The summed E-state index contributed by atoms with van der Waals surface area (Å²) in [5.41, 5.74) is 1.55. The van der Waals surface area contributed by atoms with Gasteiger partial charge in [0.15, 0.2) is 0 Å². The Morgan fingerprint density at radius 3 is 2.16 bits per heavy atom. The lowest BCUT2D eigenvalue weighted by atomic mass is 10.1. The van der Waals surface area contributed by atoms with E-state index in [0.29, 0.717) is 0 Å². The third kappa shape index (κ3) is 9.29. The van der Waals surface area contributed by atoms with Crippen LogP contribution < -0.4 is 17.3 Å². The predicted molar refractivity (Wildman–Crippen MR) is 80.6 cm³/mol. The number of hydrogen-bond acceptors (Lipinski definition) is 0. The van der Waals surface area contributed by atoms with Crippen LogP contribution in [-0.4, -0.2) is 6.54 Å². The summed E-state index contributed by atoms with van der Waals surface area (Å²) in [6.07, 6.45) is 20.9. The molecule has 0 aromatic rings. The van der Waals surface area contributed by atoms with Crippen LogP contribution in [0.1, 0.15) is 78.1 Å². The van der Waals surface area contributed by atoms with Crippen molar-refractivity contribution in [3.05, 3.63) is 24.0 Å². The molecule has 0 spiro atoms. The molecule has 0 amide bonds. The molecule has 0 aromatic heterocycles. The van der Waals surface area contributed by atoms with Crippen molar-refractivity contribution >= 4 is 0 Å². The molecule has 0 saturated carbocycles. The van der Waals surface area contributed by atoms with Crippen molar-refractivity contribution in [1.82, 2.24) is 0 Å². The van der Waals surface area contributed by atoms with Crippen LogP contribution in [-0.2, 0) is 0 Å². The lowest BCUT2D eigenvalue weighted by Gasteiger charge is -2.06. The number of rotatable bonds is 11. The molecule has 0 radical (unpaired) electrons. The van der Waals surface area contributed by atoms with Crippen LogP contribution in [0.3, 0.4) is 0 Å². The Kier molecular flexibility index (Phi) is 12.6. The molecule has 1 aliphatic heterocycles. The van der Waals surface area contributed by atoms with Crippen LogP contribution in [0, 0.1) is 0 Å². The van der Waals surface area contributed by atoms with Gasteiger partial charge in [0.25, 0.3) is 0 Å². The summed E-state index contributed by atoms with van der Waals surface area (Å²) < 4.78 is 0. The van der Waals surface area contributed by atoms with Crippen molar-refractivity contribution in [3.8, 4) is 0 Å². The van der Waals surface area contributed by atoms with Crippen molar-refractivity contribution in [2.75, 3.05) is 6.54 Å². The van der Waals surface area contributed by atoms with E-state index in [0.717, 1.165) is 0 Å². The minimum atomic E-state index is 0. The molecule has 0 aliphatic carbocycles. The van der Waals surface area contributed by atoms with Crippen molar-refractivity contribution in [1.29, 1.82) is 0 Å². The summed E-state index contributed by atoms with van der Waals surface area (Å²) in [6, 6.07) is 0. The van der Waals surface area contributed by atoms with Crippen molar-refractivity contribution in [3.63, 3.8) is 0 Å². The normalized spacial score (nSPS) is 17.4. The van der Waals surface area contributed by atoms with E-state index < -0.39 is 0 Å². The summed E-state index contributed by atoms with van der Waals surface area (Å²) in [5.74, 6) is 0. The van der Waals surface area contributed by atoms with Crippen LogP contribution in [0.2, 0.25) is 0 Å². The molecule has 112 valence electrons. The van der Waals surface area contributed by atoms with Crippen molar-refractivity contribution in [2.24, 2.45) is 0 Å². The van der Waals surface area contributed by atoms with Crippen LogP contribution >= 0.6 is 0 Å². The Morgan fingerprint density at radius 2 is 1.47 bits per heavy atom. The van der Waals surface area contributed by atoms with Crippen molar-refractivity contribution in [2.45, 2.75) is 78.1 Å². The highest BCUT2D eigenvalue weighted by atomic mass is 35.5. The van der Waals surface area contributed by atoms with E-state index in [2.05, 4.69) is 32.3 Å². The maximum Gasteiger partial charge on any atom is 0.102 e. The fraction of sp³-hybridized carbons (Fsp3) is 0.765. The first kappa shape index (κ1) is 18.7. The zero-order chi connectivity index (χ0) is 13.1. The van der Waals surface area contributed by atoms with Gasteiger partial charge in [-0.2, -0.15) is 0 Å². The van der Waals surface area contributed by atoms with Crippen LogP contribution in [0.5, 0.6) is 0 Å². The standard InChI is InChI=1S/C17H31N.ClH/c1-3-5-7-8-9-10-11-14-18-15-13-17(16-18)12-6-4-2;/h13,15-16H,3-12,14H2,1-2H3;1H. The van der Waals surface area contributed by atoms with Gasteiger partial charge in [-0.05, 0) is 25.7 Å². The highest BCUT2D eigenvalue weighted by molar-refractivity contribution is 5.17. The summed E-state index contributed by atoms with van der Waals surface area (Å²) in [7, 11) is 0. The van der Waals surface area contributed by atoms with Crippen LogP contribution in [0.15, 0.2) is 24.0 Å². The highest BCUT2D eigenvalue weighted by Gasteiger charge is 2.09. The molecule has 1 N–H and O–H groups in total. The fourth-order valence-electron chi connectivity index (χ4n) is 2.53. The molecule has 2 heteroatoms. The molecule has 1 aliphatic rings. The monoisotopic (exact) mass is 285 g/mol. The predicted octanol–water partition coefficient (Wildman–Crippen LogP) is 1.23.